The number of ether oxygens (including phenoxy) is 2. The van der Waals surface area contributed by atoms with Gasteiger partial charge in [0.25, 0.3) is 0 Å². The maximum atomic E-state index is 12.8. The standard InChI is InChI=1S/C23H29ClO4S/c1-16(22(25)28-14-17-6-12-20(27-5)13-7-17)21(15-29(26)23(2,3)4)18-8-10-19(24)11-9-18/h6-13,16,21H,14-15H2,1-5H3/t16-,21-,29-/m0/s1. The Kier molecular flexibility index (Phi) is 8.29. The third-order valence-electron chi connectivity index (χ3n) is 4.83. The highest BCUT2D eigenvalue weighted by Crippen LogP contribution is 2.30. The average molecular weight is 437 g/mol. The molecule has 6 heteroatoms. The van der Waals surface area contributed by atoms with Crippen molar-refractivity contribution in [3.63, 3.8) is 0 Å². The van der Waals surface area contributed by atoms with Crippen molar-refractivity contribution in [2.45, 2.75) is 45.0 Å². The maximum absolute atomic E-state index is 12.8. The maximum Gasteiger partial charge on any atom is 0.309 e. The summed E-state index contributed by atoms with van der Waals surface area (Å²) in [5, 5.41) is 0.624. The van der Waals surface area contributed by atoms with Crippen LogP contribution < -0.4 is 4.74 Å². The summed E-state index contributed by atoms with van der Waals surface area (Å²) >= 11 is 6.02. The van der Waals surface area contributed by atoms with Gasteiger partial charge < -0.3 is 9.47 Å². The first-order chi connectivity index (χ1) is 13.6. The van der Waals surface area contributed by atoms with Crippen molar-refractivity contribution in [3.8, 4) is 5.75 Å². The van der Waals surface area contributed by atoms with Crippen molar-refractivity contribution in [2.75, 3.05) is 12.9 Å². The first-order valence-electron chi connectivity index (χ1n) is 9.55. The second kappa shape index (κ2) is 10.3. The summed E-state index contributed by atoms with van der Waals surface area (Å²) < 4.78 is 23.1. The van der Waals surface area contributed by atoms with Crippen LogP contribution in [0.25, 0.3) is 0 Å². The summed E-state index contributed by atoms with van der Waals surface area (Å²) in [5.74, 6) is 0.146. The molecule has 2 rings (SSSR count). The minimum atomic E-state index is -1.11. The zero-order valence-corrected chi connectivity index (χ0v) is 19.2. The highest BCUT2D eigenvalue weighted by atomic mass is 35.5. The van der Waals surface area contributed by atoms with Crippen molar-refractivity contribution in [1.82, 2.24) is 0 Å². The highest BCUT2D eigenvalue weighted by Gasteiger charge is 2.31. The fourth-order valence-corrected chi connectivity index (χ4v) is 4.26. The summed E-state index contributed by atoms with van der Waals surface area (Å²) in [7, 11) is 0.498. The van der Waals surface area contributed by atoms with Gasteiger partial charge in [0.15, 0.2) is 0 Å². The number of benzene rings is 2. The Bertz CT molecular complexity index is 825. The average Bonchev–Trinajstić information content (AvgIpc) is 2.70. The van der Waals surface area contributed by atoms with E-state index in [0.29, 0.717) is 10.8 Å². The normalized spacial score (nSPS) is 14.7. The molecular weight excluding hydrogens is 408 g/mol. The third-order valence-corrected chi connectivity index (χ3v) is 7.11. The number of rotatable bonds is 8. The molecule has 0 fully saturated rings. The molecule has 0 aliphatic heterocycles. The molecule has 29 heavy (non-hydrogen) atoms. The highest BCUT2D eigenvalue weighted by molar-refractivity contribution is 7.86. The molecule has 0 radical (unpaired) electrons. The molecule has 0 bridgehead atoms. The van der Waals surface area contributed by atoms with Crippen LogP contribution in [0.1, 0.15) is 44.7 Å². The minimum Gasteiger partial charge on any atom is -0.497 e. The van der Waals surface area contributed by atoms with Crippen molar-refractivity contribution < 1.29 is 18.5 Å². The van der Waals surface area contributed by atoms with Gasteiger partial charge in [-0.3, -0.25) is 9.00 Å². The Hall–Kier alpha value is -1.85. The Balaban J connectivity index is 2.13. The summed E-state index contributed by atoms with van der Waals surface area (Å²) in [4.78, 5) is 12.8. The van der Waals surface area contributed by atoms with Crippen molar-refractivity contribution in [1.29, 1.82) is 0 Å². The smallest absolute Gasteiger partial charge is 0.309 e. The van der Waals surface area contributed by atoms with Crippen molar-refractivity contribution in [2.24, 2.45) is 5.92 Å². The lowest BCUT2D eigenvalue weighted by atomic mass is 9.89. The fourth-order valence-electron chi connectivity index (χ4n) is 2.82. The number of methoxy groups -OCH3 is 1. The number of hydrogen-bond acceptors (Lipinski definition) is 4. The van der Waals surface area contributed by atoms with Crippen LogP contribution >= 0.6 is 11.6 Å². The molecule has 158 valence electrons. The number of halogens is 1. The number of carbonyl (C=O) groups is 1. The molecule has 0 heterocycles. The van der Waals surface area contributed by atoms with E-state index in [9.17, 15) is 9.00 Å². The van der Waals surface area contributed by atoms with Crippen molar-refractivity contribution >= 4 is 28.4 Å². The minimum absolute atomic E-state index is 0.183. The number of hydrogen-bond donors (Lipinski definition) is 0. The molecule has 0 unspecified atom stereocenters. The molecule has 0 N–H and O–H groups in total. The predicted octanol–water partition coefficient (Wildman–Crippen LogP) is 5.36. The first-order valence-corrected chi connectivity index (χ1v) is 11.2. The summed E-state index contributed by atoms with van der Waals surface area (Å²) in [6.07, 6.45) is 0. The van der Waals surface area contributed by atoms with Gasteiger partial charge in [-0.05, 0) is 56.2 Å². The van der Waals surface area contributed by atoms with E-state index in [-0.39, 0.29) is 23.2 Å². The third kappa shape index (κ3) is 6.86. The molecular formula is C23H29ClO4S. The lowest BCUT2D eigenvalue weighted by Crippen LogP contribution is -2.31. The lowest BCUT2D eigenvalue weighted by Gasteiger charge is -2.27. The van der Waals surface area contributed by atoms with Gasteiger partial charge in [-0.15, -0.1) is 0 Å². The fraction of sp³-hybridized carbons (Fsp3) is 0.435. The second-order valence-electron chi connectivity index (χ2n) is 8.03. The molecule has 2 aromatic rings. The quantitative estimate of drug-likeness (QED) is 0.523. The van der Waals surface area contributed by atoms with E-state index in [0.717, 1.165) is 16.9 Å². The van der Waals surface area contributed by atoms with Crippen LogP contribution in [-0.4, -0.2) is 27.8 Å². The Morgan fingerprint density at radius 2 is 1.66 bits per heavy atom. The van der Waals surface area contributed by atoms with E-state index in [4.69, 9.17) is 21.1 Å². The molecule has 3 atom stereocenters. The summed E-state index contributed by atoms with van der Waals surface area (Å²) in [5.41, 5.74) is 1.81. The molecule has 0 spiro atoms. The molecule has 0 aromatic heterocycles. The zero-order chi connectivity index (χ0) is 21.6. The van der Waals surface area contributed by atoms with Gasteiger partial charge in [-0.1, -0.05) is 42.8 Å². The van der Waals surface area contributed by atoms with E-state index in [1.807, 2.05) is 64.1 Å². The van der Waals surface area contributed by atoms with Crippen LogP contribution in [0.3, 0.4) is 0 Å². The van der Waals surface area contributed by atoms with E-state index in [2.05, 4.69) is 0 Å². The molecule has 4 nitrogen and oxygen atoms in total. The Morgan fingerprint density at radius 1 is 1.07 bits per heavy atom. The van der Waals surface area contributed by atoms with E-state index in [1.54, 1.807) is 19.2 Å². The molecule has 0 amide bonds. The topological polar surface area (TPSA) is 52.6 Å². The summed E-state index contributed by atoms with van der Waals surface area (Å²) in [6.45, 7) is 7.83. The Morgan fingerprint density at radius 3 is 2.17 bits per heavy atom. The van der Waals surface area contributed by atoms with Gasteiger partial charge in [0, 0.05) is 32.2 Å². The van der Waals surface area contributed by atoms with Crippen LogP contribution in [0.2, 0.25) is 5.02 Å². The second-order valence-corrected chi connectivity index (χ2v) is 10.7. The van der Waals surface area contributed by atoms with Gasteiger partial charge in [-0.2, -0.15) is 0 Å². The van der Waals surface area contributed by atoms with Crippen LogP contribution in [0.5, 0.6) is 5.75 Å². The van der Waals surface area contributed by atoms with Crippen molar-refractivity contribution in [3.05, 3.63) is 64.7 Å². The van der Waals surface area contributed by atoms with Crippen LogP contribution in [0.4, 0.5) is 0 Å². The molecule has 0 saturated heterocycles. The SMILES string of the molecule is COc1ccc(COC(=O)[C@@H](C)[C@H](C[S@](=O)C(C)(C)C)c2ccc(Cl)cc2)cc1. The molecule has 0 saturated carbocycles. The van der Waals surface area contributed by atoms with Gasteiger partial charge in [0.05, 0.1) is 13.0 Å². The Labute approximate surface area is 181 Å². The molecule has 2 aromatic carbocycles. The largest absolute Gasteiger partial charge is 0.497 e. The number of carbonyl (C=O) groups excluding carboxylic acids is 1. The monoisotopic (exact) mass is 436 g/mol. The lowest BCUT2D eigenvalue weighted by molar-refractivity contribution is -0.149. The van der Waals surface area contributed by atoms with Crippen LogP contribution in [0.15, 0.2) is 48.5 Å². The zero-order valence-electron chi connectivity index (χ0n) is 17.6. The van der Waals surface area contributed by atoms with Gasteiger partial charge >= 0.3 is 5.97 Å². The first kappa shape index (κ1) is 23.4. The van der Waals surface area contributed by atoms with Gasteiger partial charge in [0.2, 0.25) is 0 Å². The van der Waals surface area contributed by atoms with Crippen LogP contribution in [-0.2, 0) is 26.9 Å². The van der Waals surface area contributed by atoms with Gasteiger partial charge in [-0.25, -0.2) is 0 Å². The van der Waals surface area contributed by atoms with Crippen LogP contribution in [0, 0.1) is 5.92 Å². The van der Waals surface area contributed by atoms with E-state index < -0.39 is 16.7 Å². The van der Waals surface area contributed by atoms with Gasteiger partial charge in [0.1, 0.15) is 12.4 Å². The predicted molar refractivity (Wildman–Crippen MR) is 119 cm³/mol. The molecule has 0 aliphatic carbocycles. The molecule has 0 aliphatic rings. The van der Waals surface area contributed by atoms with E-state index in [1.165, 1.54) is 0 Å². The van der Waals surface area contributed by atoms with E-state index >= 15 is 0 Å². The number of esters is 1. The summed E-state index contributed by atoms with van der Waals surface area (Å²) in [6, 6.07) is 14.7.